The smallest absolute Gasteiger partial charge is 0.150 e. The zero-order chi connectivity index (χ0) is 13.4. The van der Waals surface area contributed by atoms with Gasteiger partial charge in [0.15, 0.2) is 5.82 Å². The molecule has 2 aromatic rings. The van der Waals surface area contributed by atoms with Crippen molar-refractivity contribution in [3.05, 3.63) is 50.4 Å². The van der Waals surface area contributed by atoms with E-state index in [1.54, 1.807) is 0 Å². The van der Waals surface area contributed by atoms with Gasteiger partial charge in [-0.05, 0) is 28.1 Å². The van der Waals surface area contributed by atoms with E-state index in [1.807, 2.05) is 0 Å². The first-order chi connectivity index (χ1) is 8.41. The topological polar surface area (TPSA) is 20.2 Å². The summed E-state index contributed by atoms with van der Waals surface area (Å²) in [6, 6.07) is 4.91. The second-order valence-electron chi connectivity index (χ2n) is 3.51. The molecule has 94 valence electrons. The maximum absolute atomic E-state index is 14.0. The number of benzene rings is 2. The Bertz CT molecular complexity index is 632. The van der Waals surface area contributed by atoms with Crippen LogP contribution in [0.1, 0.15) is 0 Å². The number of hydrogen-bond acceptors (Lipinski definition) is 1. The molecule has 0 amide bonds. The van der Waals surface area contributed by atoms with Crippen molar-refractivity contribution in [2.45, 2.75) is 0 Å². The molecule has 2 aromatic carbocycles. The Kier molecular flexibility index (Phi) is 3.80. The van der Waals surface area contributed by atoms with Gasteiger partial charge in [-0.3, -0.25) is 0 Å². The largest absolute Gasteiger partial charge is 0.507 e. The molecular weight excluding hydrogens is 349 g/mol. The molecule has 0 aliphatic heterocycles. The lowest BCUT2D eigenvalue weighted by Gasteiger charge is -2.09. The van der Waals surface area contributed by atoms with Crippen molar-refractivity contribution in [2.24, 2.45) is 0 Å². The molecule has 6 heteroatoms. The minimum atomic E-state index is -0.776. The molecule has 0 spiro atoms. The summed E-state index contributed by atoms with van der Waals surface area (Å²) in [7, 11) is 0. The SMILES string of the molecule is Oc1cc(F)c(Cl)cc1-c1ccc(Br)c(Cl)c1F. The highest BCUT2D eigenvalue weighted by Crippen LogP contribution is 2.38. The fourth-order valence-electron chi connectivity index (χ4n) is 1.49. The van der Waals surface area contributed by atoms with Gasteiger partial charge in [0.25, 0.3) is 0 Å². The van der Waals surface area contributed by atoms with Gasteiger partial charge in [0.1, 0.15) is 11.6 Å². The van der Waals surface area contributed by atoms with E-state index in [4.69, 9.17) is 23.2 Å². The molecular formula is C12H5BrCl2F2O. The van der Waals surface area contributed by atoms with Crippen LogP contribution in [-0.2, 0) is 0 Å². The Hall–Kier alpha value is -0.840. The monoisotopic (exact) mass is 352 g/mol. The first kappa shape index (κ1) is 13.6. The van der Waals surface area contributed by atoms with Crippen LogP contribution < -0.4 is 0 Å². The Morgan fingerprint density at radius 1 is 1.06 bits per heavy atom. The molecule has 0 saturated heterocycles. The van der Waals surface area contributed by atoms with Gasteiger partial charge in [-0.2, -0.15) is 0 Å². The predicted octanol–water partition coefficient (Wildman–Crippen LogP) is 5.41. The lowest BCUT2D eigenvalue weighted by molar-refractivity contribution is 0.470. The highest BCUT2D eigenvalue weighted by molar-refractivity contribution is 9.10. The molecule has 1 N–H and O–H groups in total. The van der Waals surface area contributed by atoms with Crippen LogP contribution >= 0.6 is 39.1 Å². The van der Waals surface area contributed by atoms with Gasteiger partial charge in [-0.15, -0.1) is 0 Å². The third-order valence-electron chi connectivity index (χ3n) is 2.36. The second kappa shape index (κ2) is 5.03. The summed E-state index contributed by atoms with van der Waals surface area (Å²) < 4.78 is 27.4. The van der Waals surface area contributed by atoms with E-state index in [-0.39, 0.29) is 21.2 Å². The standard InChI is InChI=1S/C12H5BrCl2F2O/c13-7-2-1-5(12(17)11(7)15)6-3-8(14)9(16)4-10(6)18/h1-4,18H. The van der Waals surface area contributed by atoms with Gasteiger partial charge in [0.2, 0.25) is 0 Å². The molecule has 0 heterocycles. The van der Waals surface area contributed by atoms with Gasteiger partial charge >= 0.3 is 0 Å². The Morgan fingerprint density at radius 3 is 2.39 bits per heavy atom. The second-order valence-corrected chi connectivity index (χ2v) is 5.15. The molecule has 18 heavy (non-hydrogen) atoms. The minimum absolute atomic E-state index is 0.0441. The Balaban J connectivity index is 2.70. The highest BCUT2D eigenvalue weighted by atomic mass is 79.9. The summed E-state index contributed by atoms with van der Waals surface area (Å²) in [5.74, 6) is -1.90. The van der Waals surface area contributed by atoms with E-state index in [0.717, 1.165) is 12.1 Å². The van der Waals surface area contributed by atoms with Crippen LogP contribution in [-0.4, -0.2) is 5.11 Å². The van der Waals surface area contributed by atoms with Crippen LogP contribution in [0.5, 0.6) is 5.75 Å². The van der Waals surface area contributed by atoms with E-state index < -0.39 is 17.4 Å². The molecule has 0 aliphatic rings. The van der Waals surface area contributed by atoms with Gasteiger partial charge in [0.05, 0.1) is 10.0 Å². The van der Waals surface area contributed by atoms with E-state index in [1.165, 1.54) is 12.1 Å². The average Bonchev–Trinajstić information content (AvgIpc) is 2.32. The number of hydrogen-bond donors (Lipinski definition) is 1. The molecule has 0 bridgehead atoms. The summed E-state index contributed by atoms with van der Waals surface area (Å²) >= 11 is 14.4. The lowest BCUT2D eigenvalue weighted by atomic mass is 10.0. The van der Waals surface area contributed by atoms with E-state index in [2.05, 4.69) is 15.9 Å². The zero-order valence-corrected chi connectivity index (χ0v) is 11.7. The summed E-state index contributed by atoms with van der Waals surface area (Å²) in [5, 5.41) is 9.31. The van der Waals surface area contributed by atoms with E-state index in [0.29, 0.717) is 4.47 Å². The Labute approximate surface area is 120 Å². The molecule has 2 rings (SSSR count). The van der Waals surface area contributed by atoms with Crippen LogP contribution in [0.25, 0.3) is 11.1 Å². The number of phenols is 1. The molecule has 1 nitrogen and oxygen atoms in total. The molecule has 0 radical (unpaired) electrons. The van der Waals surface area contributed by atoms with Crippen molar-refractivity contribution < 1.29 is 13.9 Å². The van der Waals surface area contributed by atoms with Crippen molar-refractivity contribution in [3.8, 4) is 16.9 Å². The first-order valence-corrected chi connectivity index (χ1v) is 6.28. The van der Waals surface area contributed by atoms with Gasteiger partial charge in [0, 0.05) is 21.7 Å². The molecule has 0 aliphatic carbocycles. The van der Waals surface area contributed by atoms with Crippen LogP contribution in [0.4, 0.5) is 8.78 Å². The van der Waals surface area contributed by atoms with Crippen LogP contribution in [0.15, 0.2) is 28.7 Å². The van der Waals surface area contributed by atoms with Crippen LogP contribution in [0.2, 0.25) is 10.0 Å². The third-order valence-corrected chi connectivity index (χ3v) is 3.91. The summed E-state index contributed by atoms with van der Waals surface area (Å²) in [4.78, 5) is 0. The number of aromatic hydroxyl groups is 1. The zero-order valence-electron chi connectivity index (χ0n) is 8.65. The number of halogens is 5. The third kappa shape index (κ3) is 2.32. The maximum atomic E-state index is 14.0. The lowest BCUT2D eigenvalue weighted by Crippen LogP contribution is -1.89. The summed E-state index contributed by atoms with van der Waals surface area (Å²) in [6.45, 7) is 0. The fourth-order valence-corrected chi connectivity index (χ4v) is 2.12. The van der Waals surface area contributed by atoms with Crippen molar-refractivity contribution in [1.29, 1.82) is 0 Å². The van der Waals surface area contributed by atoms with Crippen LogP contribution in [0.3, 0.4) is 0 Å². The van der Waals surface area contributed by atoms with Crippen molar-refractivity contribution in [2.75, 3.05) is 0 Å². The molecule has 0 aromatic heterocycles. The quantitative estimate of drug-likeness (QED) is 0.680. The maximum Gasteiger partial charge on any atom is 0.150 e. The van der Waals surface area contributed by atoms with E-state index >= 15 is 0 Å². The summed E-state index contributed by atoms with van der Waals surface area (Å²) in [5.41, 5.74) is 0.121. The van der Waals surface area contributed by atoms with Crippen LogP contribution in [0, 0.1) is 11.6 Å². The number of phenolic OH excluding ortho intramolecular Hbond substituents is 1. The van der Waals surface area contributed by atoms with Crippen molar-refractivity contribution in [3.63, 3.8) is 0 Å². The van der Waals surface area contributed by atoms with Crippen molar-refractivity contribution in [1.82, 2.24) is 0 Å². The van der Waals surface area contributed by atoms with Gasteiger partial charge < -0.3 is 5.11 Å². The molecule has 0 atom stereocenters. The minimum Gasteiger partial charge on any atom is -0.507 e. The molecule has 0 fully saturated rings. The van der Waals surface area contributed by atoms with Gasteiger partial charge in [-0.1, -0.05) is 29.3 Å². The van der Waals surface area contributed by atoms with Crippen molar-refractivity contribution >= 4 is 39.1 Å². The molecule has 0 saturated carbocycles. The average molecular weight is 354 g/mol. The Morgan fingerprint density at radius 2 is 1.72 bits per heavy atom. The normalized spacial score (nSPS) is 10.7. The highest BCUT2D eigenvalue weighted by Gasteiger charge is 2.16. The van der Waals surface area contributed by atoms with Gasteiger partial charge in [-0.25, -0.2) is 8.78 Å². The van der Waals surface area contributed by atoms with E-state index in [9.17, 15) is 13.9 Å². The first-order valence-electron chi connectivity index (χ1n) is 4.73. The number of rotatable bonds is 1. The summed E-state index contributed by atoms with van der Waals surface area (Å²) in [6.07, 6.45) is 0. The predicted molar refractivity (Wildman–Crippen MR) is 71.2 cm³/mol. The fraction of sp³-hybridized carbons (Fsp3) is 0. The molecule has 0 unspecified atom stereocenters.